The van der Waals surface area contributed by atoms with Crippen molar-refractivity contribution in [3.63, 3.8) is 0 Å². The zero-order valence-electron chi connectivity index (χ0n) is 16.3. The lowest BCUT2D eigenvalue weighted by Gasteiger charge is -2.22. The standard InChI is InChI=1S/C22H21FN4O3/c23-16-11-9-15(10-12-16)20-14-21(22(28)24-17-5-2-1-3-6-17)26(25-20)18-7-4-8-19(13-18)27(29)30/h4,7-14,17H,1-3,5-6H2,(H,24,28). The first-order valence-corrected chi connectivity index (χ1v) is 9.93. The molecule has 1 N–H and O–H groups in total. The maximum Gasteiger partial charge on any atom is 0.271 e. The fraction of sp³-hybridized carbons (Fsp3) is 0.273. The summed E-state index contributed by atoms with van der Waals surface area (Å²) in [5.74, 6) is -0.651. The Kier molecular flexibility index (Phi) is 5.56. The van der Waals surface area contributed by atoms with Crippen LogP contribution in [0.1, 0.15) is 42.6 Å². The molecule has 0 atom stereocenters. The third-order valence-electron chi connectivity index (χ3n) is 5.31. The molecule has 7 nitrogen and oxygen atoms in total. The van der Waals surface area contributed by atoms with Crippen LogP contribution in [-0.2, 0) is 0 Å². The molecule has 1 aromatic heterocycles. The summed E-state index contributed by atoms with van der Waals surface area (Å²) in [7, 11) is 0. The molecule has 0 radical (unpaired) electrons. The number of nitro groups is 1. The normalized spacial score (nSPS) is 14.4. The molecule has 154 valence electrons. The third kappa shape index (κ3) is 4.22. The van der Waals surface area contributed by atoms with E-state index in [1.807, 2.05) is 0 Å². The van der Waals surface area contributed by atoms with Gasteiger partial charge in [-0.05, 0) is 49.2 Å². The van der Waals surface area contributed by atoms with Gasteiger partial charge in [-0.2, -0.15) is 5.10 Å². The first-order valence-electron chi connectivity index (χ1n) is 9.93. The number of aromatic nitrogens is 2. The SMILES string of the molecule is O=C(NC1CCCCC1)c1cc(-c2ccc(F)cc2)nn1-c1cccc([N+](=O)[O-])c1. The Morgan fingerprint density at radius 3 is 2.53 bits per heavy atom. The van der Waals surface area contributed by atoms with Crippen LogP contribution in [0.3, 0.4) is 0 Å². The van der Waals surface area contributed by atoms with Crippen LogP contribution in [0, 0.1) is 15.9 Å². The monoisotopic (exact) mass is 408 g/mol. The first-order chi connectivity index (χ1) is 14.5. The zero-order valence-corrected chi connectivity index (χ0v) is 16.3. The highest BCUT2D eigenvalue weighted by Gasteiger charge is 2.22. The number of non-ortho nitro benzene ring substituents is 1. The zero-order chi connectivity index (χ0) is 21.1. The van der Waals surface area contributed by atoms with Gasteiger partial charge in [0.2, 0.25) is 0 Å². The van der Waals surface area contributed by atoms with Crippen molar-refractivity contribution in [1.82, 2.24) is 15.1 Å². The first kappa shape index (κ1) is 19.8. The van der Waals surface area contributed by atoms with Crippen LogP contribution in [0.15, 0.2) is 54.6 Å². The summed E-state index contributed by atoms with van der Waals surface area (Å²) in [6.07, 6.45) is 5.20. The number of hydrogen-bond acceptors (Lipinski definition) is 4. The van der Waals surface area contributed by atoms with Gasteiger partial charge in [0, 0.05) is 23.7 Å². The third-order valence-corrected chi connectivity index (χ3v) is 5.31. The van der Waals surface area contributed by atoms with Gasteiger partial charge in [0.25, 0.3) is 11.6 Å². The Bertz CT molecular complexity index is 1070. The smallest absolute Gasteiger partial charge is 0.271 e. The number of carbonyl (C=O) groups is 1. The molecule has 0 aliphatic heterocycles. The average molecular weight is 408 g/mol. The molecule has 1 amide bonds. The van der Waals surface area contributed by atoms with E-state index in [2.05, 4.69) is 10.4 Å². The molecule has 0 unspecified atom stereocenters. The fourth-order valence-electron chi connectivity index (χ4n) is 3.75. The van der Waals surface area contributed by atoms with Gasteiger partial charge in [-0.15, -0.1) is 0 Å². The highest BCUT2D eigenvalue weighted by atomic mass is 19.1. The lowest BCUT2D eigenvalue weighted by atomic mass is 9.95. The Balaban J connectivity index is 1.74. The molecule has 1 saturated carbocycles. The van der Waals surface area contributed by atoms with Gasteiger partial charge >= 0.3 is 0 Å². The van der Waals surface area contributed by atoms with Crippen LogP contribution in [0.25, 0.3) is 16.9 Å². The van der Waals surface area contributed by atoms with E-state index < -0.39 is 4.92 Å². The van der Waals surface area contributed by atoms with Crippen molar-refractivity contribution < 1.29 is 14.1 Å². The number of carbonyl (C=O) groups excluding carboxylic acids is 1. The summed E-state index contributed by atoms with van der Waals surface area (Å²) >= 11 is 0. The molecule has 2 aromatic carbocycles. The number of hydrogen-bond donors (Lipinski definition) is 1. The number of nitrogens with one attached hydrogen (secondary N) is 1. The Morgan fingerprint density at radius 1 is 1.10 bits per heavy atom. The van der Waals surface area contributed by atoms with Crippen molar-refractivity contribution in [3.05, 3.63) is 76.2 Å². The van der Waals surface area contributed by atoms with Crippen molar-refractivity contribution in [2.24, 2.45) is 0 Å². The number of nitrogens with zero attached hydrogens (tertiary/aromatic N) is 3. The summed E-state index contributed by atoms with van der Waals surface area (Å²) in [5, 5.41) is 18.8. The molecule has 0 spiro atoms. The van der Waals surface area contributed by atoms with Crippen LogP contribution < -0.4 is 5.32 Å². The second kappa shape index (κ2) is 8.44. The highest BCUT2D eigenvalue weighted by Crippen LogP contribution is 2.25. The second-order valence-corrected chi connectivity index (χ2v) is 7.42. The maximum absolute atomic E-state index is 13.3. The molecule has 0 saturated heterocycles. The van der Waals surface area contributed by atoms with E-state index in [4.69, 9.17) is 0 Å². The molecule has 1 fully saturated rings. The van der Waals surface area contributed by atoms with Gasteiger partial charge in [-0.25, -0.2) is 9.07 Å². The van der Waals surface area contributed by atoms with Crippen molar-refractivity contribution in [3.8, 4) is 16.9 Å². The van der Waals surface area contributed by atoms with E-state index in [1.54, 1.807) is 30.3 Å². The van der Waals surface area contributed by atoms with Gasteiger partial charge in [-0.3, -0.25) is 14.9 Å². The molecule has 1 aliphatic carbocycles. The number of nitro benzene ring substituents is 1. The van der Waals surface area contributed by atoms with E-state index in [1.165, 1.54) is 35.4 Å². The van der Waals surface area contributed by atoms with Crippen LogP contribution in [0.5, 0.6) is 0 Å². The second-order valence-electron chi connectivity index (χ2n) is 7.42. The molecule has 0 bridgehead atoms. The van der Waals surface area contributed by atoms with Gasteiger partial charge in [0.1, 0.15) is 11.5 Å². The van der Waals surface area contributed by atoms with Crippen molar-refractivity contribution in [1.29, 1.82) is 0 Å². The van der Waals surface area contributed by atoms with E-state index >= 15 is 0 Å². The molecule has 30 heavy (non-hydrogen) atoms. The summed E-state index contributed by atoms with van der Waals surface area (Å²) in [5.41, 5.74) is 1.72. The molecule has 4 rings (SSSR count). The summed E-state index contributed by atoms with van der Waals surface area (Å²) in [4.78, 5) is 23.8. The fourth-order valence-corrected chi connectivity index (χ4v) is 3.75. The minimum Gasteiger partial charge on any atom is -0.348 e. The number of amides is 1. The van der Waals surface area contributed by atoms with Crippen molar-refractivity contribution in [2.45, 2.75) is 38.1 Å². The van der Waals surface area contributed by atoms with Crippen LogP contribution in [0.2, 0.25) is 0 Å². The van der Waals surface area contributed by atoms with E-state index in [9.17, 15) is 19.3 Å². The quantitative estimate of drug-likeness (QED) is 0.492. The predicted molar refractivity (Wildman–Crippen MR) is 110 cm³/mol. The van der Waals surface area contributed by atoms with Gasteiger partial charge in [0.05, 0.1) is 16.3 Å². The summed E-state index contributed by atoms with van der Waals surface area (Å²) in [6, 6.07) is 13.5. The van der Waals surface area contributed by atoms with Crippen molar-refractivity contribution in [2.75, 3.05) is 0 Å². The Morgan fingerprint density at radius 2 is 1.83 bits per heavy atom. The molecular formula is C22H21FN4O3. The summed E-state index contributed by atoms with van der Waals surface area (Å²) < 4.78 is 14.7. The molecule has 8 heteroatoms. The topological polar surface area (TPSA) is 90.1 Å². The number of benzene rings is 2. The Labute approximate surface area is 172 Å². The molecular weight excluding hydrogens is 387 g/mol. The largest absolute Gasteiger partial charge is 0.348 e. The van der Waals surface area contributed by atoms with Gasteiger partial charge < -0.3 is 5.32 Å². The number of rotatable bonds is 5. The van der Waals surface area contributed by atoms with E-state index in [-0.39, 0.29) is 29.1 Å². The number of halogens is 1. The lowest BCUT2D eigenvalue weighted by Crippen LogP contribution is -2.37. The van der Waals surface area contributed by atoms with Gasteiger partial charge in [0.15, 0.2) is 0 Å². The van der Waals surface area contributed by atoms with E-state index in [0.29, 0.717) is 16.9 Å². The minimum atomic E-state index is -0.490. The van der Waals surface area contributed by atoms with Crippen LogP contribution >= 0.6 is 0 Å². The maximum atomic E-state index is 13.3. The molecule has 1 aliphatic rings. The van der Waals surface area contributed by atoms with E-state index in [0.717, 1.165) is 25.7 Å². The lowest BCUT2D eigenvalue weighted by molar-refractivity contribution is -0.384. The molecule has 1 heterocycles. The summed E-state index contributed by atoms with van der Waals surface area (Å²) in [6.45, 7) is 0. The average Bonchev–Trinajstić information content (AvgIpc) is 3.21. The predicted octanol–water partition coefficient (Wildman–Crippen LogP) is 4.65. The highest BCUT2D eigenvalue weighted by molar-refractivity contribution is 5.94. The van der Waals surface area contributed by atoms with Crippen LogP contribution in [0.4, 0.5) is 10.1 Å². The molecule has 3 aromatic rings. The minimum absolute atomic E-state index is 0.0926. The Hall–Kier alpha value is -3.55. The van der Waals surface area contributed by atoms with Crippen LogP contribution in [-0.4, -0.2) is 26.7 Å². The van der Waals surface area contributed by atoms with Crippen molar-refractivity contribution >= 4 is 11.6 Å². The van der Waals surface area contributed by atoms with Gasteiger partial charge in [-0.1, -0.05) is 25.3 Å².